The zero-order valence-electron chi connectivity index (χ0n) is 12.5. The minimum atomic E-state index is 0.611. The molecule has 1 aromatic rings. The van der Waals surface area contributed by atoms with Gasteiger partial charge in [-0.2, -0.15) is 0 Å². The first kappa shape index (κ1) is 15.0. The molecule has 0 bridgehead atoms. The number of hydrogen-bond acceptors (Lipinski definition) is 2. The second kappa shape index (κ2) is 7.42. The average molecular weight is 249 g/mol. The van der Waals surface area contributed by atoms with Crippen LogP contribution in [0.4, 0.5) is 0 Å². The van der Waals surface area contributed by atoms with Crippen molar-refractivity contribution < 1.29 is 4.74 Å². The first-order chi connectivity index (χ1) is 8.62. The number of ether oxygens (including phenoxy) is 1. The first-order valence-corrected chi connectivity index (χ1v) is 6.93. The monoisotopic (exact) mass is 249 g/mol. The number of methoxy groups -OCH3 is 1. The van der Waals surface area contributed by atoms with Crippen LogP contribution in [0.3, 0.4) is 0 Å². The van der Waals surface area contributed by atoms with Gasteiger partial charge in [0.05, 0.1) is 7.11 Å². The fourth-order valence-electron chi connectivity index (χ4n) is 2.56. The molecule has 0 heterocycles. The lowest BCUT2D eigenvalue weighted by atomic mass is 9.96. The zero-order chi connectivity index (χ0) is 13.5. The quantitative estimate of drug-likeness (QED) is 0.796. The second-order valence-corrected chi connectivity index (χ2v) is 5.08. The molecular weight excluding hydrogens is 222 g/mol. The van der Waals surface area contributed by atoms with Gasteiger partial charge in [0.25, 0.3) is 0 Å². The van der Waals surface area contributed by atoms with Gasteiger partial charge in [0, 0.05) is 6.04 Å². The highest BCUT2D eigenvalue weighted by Gasteiger charge is 2.11. The maximum Gasteiger partial charge on any atom is 0.122 e. The zero-order valence-corrected chi connectivity index (χ0v) is 12.5. The first-order valence-electron chi connectivity index (χ1n) is 6.93. The lowest BCUT2D eigenvalue weighted by Gasteiger charge is -2.18. The van der Waals surface area contributed by atoms with Crippen LogP contribution in [0, 0.1) is 13.8 Å². The Balaban J connectivity index is 2.77. The van der Waals surface area contributed by atoms with Crippen LogP contribution in [-0.4, -0.2) is 20.2 Å². The molecule has 2 heteroatoms. The molecule has 1 N–H and O–H groups in total. The molecule has 1 aromatic carbocycles. The van der Waals surface area contributed by atoms with Gasteiger partial charge in [0.1, 0.15) is 5.75 Å². The maximum atomic E-state index is 5.51. The topological polar surface area (TPSA) is 21.3 Å². The van der Waals surface area contributed by atoms with E-state index in [2.05, 4.69) is 45.3 Å². The normalized spacial score (nSPS) is 12.5. The number of nitrogens with one attached hydrogen (secondary N) is 1. The van der Waals surface area contributed by atoms with Crippen molar-refractivity contribution in [2.75, 3.05) is 14.2 Å². The van der Waals surface area contributed by atoms with Gasteiger partial charge in [0.15, 0.2) is 0 Å². The number of hydrogen-bond donors (Lipinski definition) is 1. The SMILES string of the molecule is CCCC(CCc1c(C)cc(C)cc1OC)NC. The highest BCUT2D eigenvalue weighted by Crippen LogP contribution is 2.26. The van der Waals surface area contributed by atoms with Gasteiger partial charge in [-0.3, -0.25) is 0 Å². The lowest BCUT2D eigenvalue weighted by Crippen LogP contribution is -2.25. The third-order valence-electron chi connectivity index (χ3n) is 3.58. The fourth-order valence-corrected chi connectivity index (χ4v) is 2.56. The number of rotatable bonds is 7. The lowest BCUT2D eigenvalue weighted by molar-refractivity contribution is 0.405. The molecule has 0 spiro atoms. The molecular formula is C16H27NO. The summed E-state index contributed by atoms with van der Waals surface area (Å²) in [5.74, 6) is 1.04. The molecule has 18 heavy (non-hydrogen) atoms. The van der Waals surface area contributed by atoms with Crippen LogP contribution in [0.25, 0.3) is 0 Å². The van der Waals surface area contributed by atoms with E-state index in [9.17, 15) is 0 Å². The summed E-state index contributed by atoms with van der Waals surface area (Å²) >= 11 is 0. The Morgan fingerprint density at radius 2 is 1.94 bits per heavy atom. The van der Waals surface area contributed by atoms with Gasteiger partial charge in [-0.1, -0.05) is 19.4 Å². The molecule has 102 valence electrons. The predicted molar refractivity (Wildman–Crippen MR) is 78.5 cm³/mol. The average Bonchev–Trinajstić information content (AvgIpc) is 2.35. The summed E-state index contributed by atoms with van der Waals surface area (Å²) in [5, 5.41) is 3.40. The third kappa shape index (κ3) is 4.02. The minimum Gasteiger partial charge on any atom is -0.496 e. The van der Waals surface area contributed by atoms with E-state index in [0.717, 1.165) is 12.2 Å². The van der Waals surface area contributed by atoms with Gasteiger partial charge >= 0.3 is 0 Å². The van der Waals surface area contributed by atoms with E-state index in [1.807, 2.05) is 0 Å². The van der Waals surface area contributed by atoms with Gasteiger partial charge in [-0.25, -0.2) is 0 Å². The van der Waals surface area contributed by atoms with Gasteiger partial charge < -0.3 is 10.1 Å². The van der Waals surface area contributed by atoms with E-state index in [0.29, 0.717) is 6.04 Å². The molecule has 1 unspecified atom stereocenters. The Labute approximate surface area is 112 Å². The standard InChI is InChI=1S/C16H27NO/c1-6-7-14(17-4)8-9-15-13(3)10-12(2)11-16(15)18-5/h10-11,14,17H,6-9H2,1-5H3. The smallest absolute Gasteiger partial charge is 0.122 e. The van der Waals surface area contributed by atoms with Crippen LogP contribution >= 0.6 is 0 Å². The van der Waals surface area contributed by atoms with E-state index >= 15 is 0 Å². The van der Waals surface area contributed by atoms with Crippen LogP contribution in [-0.2, 0) is 6.42 Å². The molecule has 0 aliphatic heterocycles. The Bertz CT molecular complexity index is 374. The Morgan fingerprint density at radius 1 is 1.22 bits per heavy atom. The molecule has 1 rings (SSSR count). The van der Waals surface area contributed by atoms with Gasteiger partial charge in [-0.05, 0) is 62.9 Å². The van der Waals surface area contributed by atoms with Crippen molar-refractivity contribution >= 4 is 0 Å². The molecule has 0 radical (unpaired) electrons. The molecule has 0 aliphatic rings. The highest BCUT2D eigenvalue weighted by atomic mass is 16.5. The highest BCUT2D eigenvalue weighted by molar-refractivity contribution is 5.43. The molecule has 2 nitrogen and oxygen atoms in total. The van der Waals surface area contributed by atoms with Crippen LogP contribution in [0.5, 0.6) is 5.75 Å². The molecule has 0 aromatic heterocycles. The summed E-state index contributed by atoms with van der Waals surface area (Å²) in [4.78, 5) is 0. The summed E-state index contributed by atoms with van der Waals surface area (Å²) in [6.07, 6.45) is 4.73. The number of aryl methyl sites for hydroxylation is 2. The summed E-state index contributed by atoms with van der Waals surface area (Å²) < 4.78 is 5.51. The third-order valence-corrected chi connectivity index (χ3v) is 3.58. The van der Waals surface area contributed by atoms with Crippen molar-refractivity contribution in [3.8, 4) is 5.75 Å². The van der Waals surface area contributed by atoms with Gasteiger partial charge in [-0.15, -0.1) is 0 Å². The van der Waals surface area contributed by atoms with Crippen molar-refractivity contribution in [3.05, 3.63) is 28.8 Å². The summed E-state index contributed by atoms with van der Waals surface area (Å²) in [6.45, 7) is 6.54. The summed E-state index contributed by atoms with van der Waals surface area (Å²) in [6, 6.07) is 4.99. The maximum absolute atomic E-state index is 5.51. The molecule has 0 saturated heterocycles. The largest absolute Gasteiger partial charge is 0.496 e. The Kier molecular flexibility index (Phi) is 6.20. The van der Waals surface area contributed by atoms with Crippen molar-refractivity contribution in [1.82, 2.24) is 5.32 Å². The second-order valence-electron chi connectivity index (χ2n) is 5.08. The van der Waals surface area contributed by atoms with Crippen LogP contribution in [0.2, 0.25) is 0 Å². The molecule has 0 amide bonds. The summed E-state index contributed by atoms with van der Waals surface area (Å²) in [7, 11) is 3.82. The molecule has 0 aliphatic carbocycles. The Hall–Kier alpha value is -1.02. The van der Waals surface area contributed by atoms with Gasteiger partial charge in [0.2, 0.25) is 0 Å². The van der Waals surface area contributed by atoms with Crippen LogP contribution < -0.4 is 10.1 Å². The fraction of sp³-hybridized carbons (Fsp3) is 0.625. The molecule has 0 saturated carbocycles. The van der Waals surface area contributed by atoms with Crippen molar-refractivity contribution in [2.24, 2.45) is 0 Å². The van der Waals surface area contributed by atoms with Crippen molar-refractivity contribution in [2.45, 2.75) is 52.5 Å². The Morgan fingerprint density at radius 3 is 2.50 bits per heavy atom. The van der Waals surface area contributed by atoms with Crippen LogP contribution in [0.15, 0.2) is 12.1 Å². The van der Waals surface area contributed by atoms with Crippen molar-refractivity contribution in [1.29, 1.82) is 0 Å². The predicted octanol–water partition coefficient (Wildman–Crippen LogP) is 3.63. The van der Waals surface area contributed by atoms with Crippen LogP contribution in [0.1, 0.15) is 42.9 Å². The van der Waals surface area contributed by atoms with E-state index in [1.54, 1.807) is 7.11 Å². The van der Waals surface area contributed by atoms with E-state index in [-0.39, 0.29) is 0 Å². The molecule has 0 fully saturated rings. The molecule has 1 atom stereocenters. The van der Waals surface area contributed by atoms with E-state index in [1.165, 1.54) is 36.0 Å². The number of benzene rings is 1. The minimum absolute atomic E-state index is 0.611. The summed E-state index contributed by atoms with van der Waals surface area (Å²) in [5.41, 5.74) is 3.98. The van der Waals surface area contributed by atoms with E-state index < -0.39 is 0 Å². The van der Waals surface area contributed by atoms with Crippen molar-refractivity contribution in [3.63, 3.8) is 0 Å². The van der Waals surface area contributed by atoms with E-state index in [4.69, 9.17) is 4.74 Å².